The fourth-order valence-electron chi connectivity index (χ4n) is 1.17. The Balaban J connectivity index is 3.05. The van der Waals surface area contributed by atoms with Crippen molar-refractivity contribution in [1.82, 2.24) is 0 Å². The van der Waals surface area contributed by atoms with Crippen LogP contribution in [-0.2, 0) is 0 Å². The normalized spacial score (nSPS) is 10.9. The molecule has 0 radical (unpaired) electrons. The molecular formula is C9H3BrCl2O3. The van der Waals surface area contributed by atoms with E-state index >= 15 is 0 Å². The van der Waals surface area contributed by atoms with Crippen molar-refractivity contribution in [2.45, 2.75) is 0 Å². The highest BCUT2D eigenvalue weighted by Crippen LogP contribution is 2.36. The highest BCUT2D eigenvalue weighted by molar-refractivity contribution is 9.10. The molecule has 15 heavy (non-hydrogen) atoms. The third-order valence-electron chi connectivity index (χ3n) is 1.89. The summed E-state index contributed by atoms with van der Waals surface area (Å²) in [7, 11) is 0. The smallest absolute Gasteiger partial charge is 0.354 e. The van der Waals surface area contributed by atoms with Gasteiger partial charge in [-0.15, -0.1) is 0 Å². The third kappa shape index (κ3) is 1.62. The van der Waals surface area contributed by atoms with Crippen LogP contribution in [0.5, 0.6) is 5.75 Å². The number of fused-ring (bicyclic) bond motifs is 1. The summed E-state index contributed by atoms with van der Waals surface area (Å²) in [5.74, 6) is -0.209. The summed E-state index contributed by atoms with van der Waals surface area (Å²) in [4.78, 5) is 11.2. The Hall–Kier alpha value is -0.710. The number of hydrogen-bond donors (Lipinski definition) is 1. The topological polar surface area (TPSA) is 50.4 Å². The maximum atomic E-state index is 11.2. The second-order valence-electron chi connectivity index (χ2n) is 2.79. The Bertz CT molecular complexity index is 606. The van der Waals surface area contributed by atoms with Crippen LogP contribution in [0, 0.1) is 0 Å². The first-order chi connectivity index (χ1) is 7.02. The summed E-state index contributed by atoms with van der Waals surface area (Å²) in [5.41, 5.74) is -0.626. The van der Waals surface area contributed by atoms with E-state index in [4.69, 9.17) is 27.6 Å². The van der Waals surface area contributed by atoms with Gasteiger partial charge in [-0.1, -0.05) is 23.2 Å². The first-order valence-electron chi connectivity index (χ1n) is 3.81. The summed E-state index contributed by atoms with van der Waals surface area (Å²) in [6.45, 7) is 0. The van der Waals surface area contributed by atoms with Crippen molar-refractivity contribution in [3.8, 4) is 5.75 Å². The van der Waals surface area contributed by atoms with Crippen LogP contribution in [0.3, 0.4) is 0 Å². The Morgan fingerprint density at radius 1 is 1.33 bits per heavy atom. The summed E-state index contributed by atoms with van der Waals surface area (Å²) >= 11 is 14.5. The number of halogens is 3. The highest BCUT2D eigenvalue weighted by Gasteiger charge is 2.15. The van der Waals surface area contributed by atoms with Gasteiger partial charge >= 0.3 is 5.63 Å². The summed E-state index contributed by atoms with van der Waals surface area (Å²) < 4.78 is 4.87. The highest BCUT2D eigenvalue weighted by atomic mass is 79.9. The number of benzene rings is 1. The van der Waals surface area contributed by atoms with Crippen molar-refractivity contribution >= 4 is 50.1 Å². The zero-order chi connectivity index (χ0) is 11.2. The Morgan fingerprint density at radius 2 is 2.00 bits per heavy atom. The monoisotopic (exact) mass is 308 g/mol. The van der Waals surface area contributed by atoms with E-state index in [9.17, 15) is 9.90 Å². The van der Waals surface area contributed by atoms with Gasteiger partial charge < -0.3 is 9.52 Å². The molecular weight excluding hydrogens is 307 g/mol. The van der Waals surface area contributed by atoms with E-state index in [1.165, 1.54) is 12.1 Å². The van der Waals surface area contributed by atoms with E-state index in [0.717, 1.165) is 0 Å². The largest absolute Gasteiger partial charge is 0.506 e. The van der Waals surface area contributed by atoms with E-state index in [2.05, 4.69) is 15.9 Å². The van der Waals surface area contributed by atoms with E-state index < -0.39 is 5.63 Å². The molecule has 6 heteroatoms. The molecule has 3 nitrogen and oxygen atoms in total. The van der Waals surface area contributed by atoms with Crippen molar-refractivity contribution < 1.29 is 9.52 Å². The van der Waals surface area contributed by atoms with Crippen LogP contribution in [0.25, 0.3) is 11.0 Å². The van der Waals surface area contributed by atoms with E-state index in [1.807, 2.05) is 0 Å². The van der Waals surface area contributed by atoms with Gasteiger partial charge in [-0.2, -0.15) is 0 Å². The molecule has 0 aliphatic carbocycles. The molecule has 0 spiro atoms. The molecule has 0 amide bonds. The predicted octanol–water partition coefficient (Wildman–Crippen LogP) is 3.57. The molecule has 1 aromatic carbocycles. The lowest BCUT2D eigenvalue weighted by Gasteiger charge is -2.03. The zero-order valence-electron chi connectivity index (χ0n) is 7.05. The molecule has 0 aliphatic rings. The Kier molecular flexibility index (Phi) is 2.66. The molecule has 1 heterocycles. The summed E-state index contributed by atoms with van der Waals surface area (Å²) in [5, 5.41) is 10.3. The molecule has 0 atom stereocenters. The van der Waals surface area contributed by atoms with Gasteiger partial charge in [0.05, 0.1) is 10.4 Å². The van der Waals surface area contributed by atoms with Gasteiger partial charge in [-0.3, -0.25) is 0 Å². The fourth-order valence-corrected chi connectivity index (χ4v) is 1.82. The van der Waals surface area contributed by atoms with Gasteiger partial charge in [0.15, 0.2) is 5.58 Å². The maximum absolute atomic E-state index is 11.2. The van der Waals surface area contributed by atoms with Crippen molar-refractivity contribution in [1.29, 1.82) is 0 Å². The van der Waals surface area contributed by atoms with Crippen LogP contribution in [-0.4, -0.2) is 5.11 Å². The predicted molar refractivity (Wildman–Crippen MR) is 61.9 cm³/mol. The molecule has 0 fully saturated rings. The molecule has 78 valence electrons. The zero-order valence-corrected chi connectivity index (χ0v) is 10.2. The number of rotatable bonds is 0. The van der Waals surface area contributed by atoms with Gasteiger partial charge in [0.2, 0.25) is 0 Å². The van der Waals surface area contributed by atoms with Crippen molar-refractivity contribution in [2.24, 2.45) is 0 Å². The van der Waals surface area contributed by atoms with Crippen LogP contribution >= 0.6 is 39.1 Å². The minimum atomic E-state index is -0.704. The van der Waals surface area contributed by atoms with Crippen molar-refractivity contribution in [2.75, 3.05) is 0 Å². The molecule has 1 N–H and O–H groups in total. The lowest BCUT2D eigenvalue weighted by Crippen LogP contribution is -1.99. The first kappa shape index (κ1) is 10.8. The van der Waals surface area contributed by atoms with Crippen molar-refractivity contribution in [3.63, 3.8) is 0 Å². The molecule has 2 rings (SSSR count). The van der Waals surface area contributed by atoms with E-state index in [-0.39, 0.29) is 25.9 Å². The van der Waals surface area contributed by atoms with Crippen LogP contribution < -0.4 is 5.63 Å². The summed E-state index contributed by atoms with van der Waals surface area (Å²) in [6, 6.07) is 3.03. The number of hydrogen-bond acceptors (Lipinski definition) is 3. The average Bonchev–Trinajstić information content (AvgIpc) is 2.21. The van der Waals surface area contributed by atoms with Gasteiger partial charge in [0.1, 0.15) is 15.2 Å². The summed E-state index contributed by atoms with van der Waals surface area (Å²) in [6.07, 6.45) is 0. The van der Waals surface area contributed by atoms with E-state index in [0.29, 0.717) is 5.39 Å². The molecule has 0 saturated heterocycles. The third-order valence-corrected chi connectivity index (χ3v) is 3.37. The Labute approximate surface area is 102 Å². The second kappa shape index (κ2) is 3.70. The maximum Gasteiger partial charge on any atom is 0.354 e. The van der Waals surface area contributed by atoms with Crippen LogP contribution in [0.2, 0.25) is 10.0 Å². The molecule has 1 aromatic heterocycles. The van der Waals surface area contributed by atoms with Crippen LogP contribution in [0.4, 0.5) is 0 Å². The van der Waals surface area contributed by atoms with Gasteiger partial charge in [-0.25, -0.2) is 4.79 Å². The van der Waals surface area contributed by atoms with Gasteiger partial charge in [-0.05, 0) is 28.1 Å². The quantitative estimate of drug-likeness (QED) is 0.757. The fraction of sp³-hybridized carbons (Fsp3) is 0. The van der Waals surface area contributed by atoms with Gasteiger partial charge in [0.25, 0.3) is 0 Å². The minimum Gasteiger partial charge on any atom is -0.506 e. The lowest BCUT2D eigenvalue weighted by molar-refractivity contribution is 0.462. The molecule has 0 saturated carbocycles. The molecule has 0 unspecified atom stereocenters. The molecule has 0 aliphatic heterocycles. The first-order valence-corrected chi connectivity index (χ1v) is 5.36. The standard InChI is InChI=1S/C9H3BrCl2O3/c10-5-7(13)3-1-2-4(11)6(12)8(3)15-9(5)14/h1-2,13H. The molecule has 0 bridgehead atoms. The number of aromatic hydroxyl groups is 1. The van der Waals surface area contributed by atoms with Gasteiger partial charge in [0, 0.05) is 0 Å². The molecule has 2 aromatic rings. The second-order valence-corrected chi connectivity index (χ2v) is 4.37. The minimum absolute atomic E-state index is 0.0339. The van der Waals surface area contributed by atoms with Crippen LogP contribution in [0.15, 0.2) is 25.8 Å². The lowest BCUT2D eigenvalue weighted by atomic mass is 10.2. The van der Waals surface area contributed by atoms with Crippen molar-refractivity contribution in [3.05, 3.63) is 37.1 Å². The Morgan fingerprint density at radius 3 is 2.67 bits per heavy atom. The average molecular weight is 310 g/mol. The van der Waals surface area contributed by atoms with E-state index in [1.54, 1.807) is 0 Å². The van der Waals surface area contributed by atoms with Crippen LogP contribution in [0.1, 0.15) is 0 Å². The SMILES string of the molecule is O=c1oc2c(Cl)c(Cl)ccc2c(O)c1Br.